The molecule has 1 atom stereocenters. The van der Waals surface area contributed by atoms with Gasteiger partial charge >= 0.3 is 0 Å². The molecule has 0 amide bonds. The second-order valence-corrected chi connectivity index (χ2v) is 10.2. The van der Waals surface area contributed by atoms with Crippen molar-refractivity contribution in [2.75, 3.05) is 14.2 Å². The van der Waals surface area contributed by atoms with Gasteiger partial charge in [-0.1, -0.05) is 48.6 Å². The summed E-state index contributed by atoms with van der Waals surface area (Å²) in [4.78, 5) is 0. The van der Waals surface area contributed by atoms with Crippen LogP contribution in [0.15, 0.2) is 48.5 Å². The van der Waals surface area contributed by atoms with Gasteiger partial charge in [0.15, 0.2) is 0 Å². The zero-order chi connectivity index (χ0) is 15.5. The van der Waals surface area contributed by atoms with Crippen molar-refractivity contribution in [1.29, 1.82) is 0 Å². The largest absolute Gasteiger partial charge is 0.497 e. The summed E-state index contributed by atoms with van der Waals surface area (Å²) in [6, 6.07) is 15.8. The Morgan fingerprint density at radius 1 is 0.905 bits per heavy atom. The lowest BCUT2D eigenvalue weighted by molar-refractivity contribution is 0.250. The van der Waals surface area contributed by atoms with Crippen LogP contribution in [-0.2, 0) is 0 Å². The van der Waals surface area contributed by atoms with Crippen molar-refractivity contribution in [3.05, 3.63) is 54.1 Å². The number of methoxy groups -OCH3 is 2. The highest BCUT2D eigenvalue weighted by Gasteiger charge is 2.34. The predicted octanol–water partition coefficient (Wildman–Crippen LogP) is 2.89. The van der Waals surface area contributed by atoms with E-state index >= 15 is 0 Å². The molecule has 0 aromatic heterocycles. The van der Waals surface area contributed by atoms with Gasteiger partial charge < -0.3 is 14.6 Å². The van der Waals surface area contributed by atoms with Crippen LogP contribution in [0.4, 0.5) is 0 Å². The van der Waals surface area contributed by atoms with Gasteiger partial charge in [0, 0.05) is 6.07 Å². The Hall–Kier alpha value is -1.78. The van der Waals surface area contributed by atoms with Gasteiger partial charge in [0.25, 0.3) is 0 Å². The summed E-state index contributed by atoms with van der Waals surface area (Å²) in [6.45, 7) is 4.33. The van der Waals surface area contributed by atoms with Crippen molar-refractivity contribution in [1.82, 2.24) is 0 Å². The maximum Gasteiger partial charge on any atom is 0.122 e. The number of aliphatic hydroxyl groups excluding tert-OH is 1. The molecular formula is C17H22O3Si. The minimum atomic E-state index is -2.05. The minimum Gasteiger partial charge on any atom is -0.497 e. The lowest BCUT2D eigenvalue weighted by atomic mass is 10.2. The van der Waals surface area contributed by atoms with Gasteiger partial charge in [0.05, 0.1) is 19.9 Å². The topological polar surface area (TPSA) is 38.7 Å². The third-order valence-electron chi connectivity index (χ3n) is 3.89. The summed E-state index contributed by atoms with van der Waals surface area (Å²) < 4.78 is 10.6. The number of ether oxygens (including phenoxy) is 2. The lowest BCUT2D eigenvalue weighted by Gasteiger charge is -2.29. The monoisotopic (exact) mass is 302 g/mol. The van der Waals surface area contributed by atoms with Gasteiger partial charge in [0.2, 0.25) is 0 Å². The van der Waals surface area contributed by atoms with E-state index in [0.29, 0.717) is 11.5 Å². The summed E-state index contributed by atoms with van der Waals surface area (Å²) in [7, 11) is 1.18. The van der Waals surface area contributed by atoms with E-state index in [4.69, 9.17) is 9.47 Å². The molecule has 0 heterocycles. The fourth-order valence-electron chi connectivity index (χ4n) is 2.43. The average Bonchev–Trinajstić information content (AvgIpc) is 2.54. The fraction of sp³-hybridized carbons (Fsp3) is 0.294. The summed E-state index contributed by atoms with van der Waals surface area (Å²) in [5.74, 6) is 1.39. The Labute approximate surface area is 127 Å². The zero-order valence-electron chi connectivity index (χ0n) is 13.0. The molecular weight excluding hydrogens is 280 g/mol. The van der Waals surface area contributed by atoms with E-state index in [9.17, 15) is 5.11 Å². The molecule has 0 saturated carbocycles. The molecule has 0 spiro atoms. The van der Waals surface area contributed by atoms with Crippen LogP contribution in [0, 0.1) is 0 Å². The number of hydrogen-bond acceptors (Lipinski definition) is 3. The van der Waals surface area contributed by atoms with E-state index in [1.807, 2.05) is 36.4 Å². The number of hydrogen-bond donors (Lipinski definition) is 1. The molecule has 0 fully saturated rings. The minimum absolute atomic E-state index is 0.524. The predicted molar refractivity (Wildman–Crippen MR) is 88.1 cm³/mol. The summed E-state index contributed by atoms with van der Waals surface area (Å²) >= 11 is 0. The molecule has 0 aliphatic carbocycles. The van der Waals surface area contributed by atoms with Crippen molar-refractivity contribution in [3.8, 4) is 11.5 Å². The first-order valence-electron chi connectivity index (χ1n) is 6.95. The molecule has 2 rings (SSSR count). The summed E-state index contributed by atoms with van der Waals surface area (Å²) in [5, 5.41) is 12.1. The van der Waals surface area contributed by atoms with Gasteiger partial charge in [0.1, 0.15) is 19.6 Å². The number of aliphatic hydroxyl groups is 1. The molecule has 0 saturated heterocycles. The SMILES string of the molecule is COc1cc(OC)cc([C@H](O)[Si](C)(C)c2ccccc2)c1. The van der Waals surface area contributed by atoms with Gasteiger partial charge in [-0.3, -0.25) is 0 Å². The third kappa shape index (κ3) is 3.28. The zero-order valence-corrected chi connectivity index (χ0v) is 14.0. The van der Waals surface area contributed by atoms with E-state index < -0.39 is 13.8 Å². The Kier molecular flexibility index (Phi) is 4.70. The quantitative estimate of drug-likeness (QED) is 0.863. The van der Waals surface area contributed by atoms with Crippen LogP contribution in [0.2, 0.25) is 13.1 Å². The second-order valence-electron chi connectivity index (χ2n) is 5.64. The summed E-state index contributed by atoms with van der Waals surface area (Å²) in [6.07, 6.45) is 0. The number of benzene rings is 2. The van der Waals surface area contributed by atoms with Crippen molar-refractivity contribution in [2.24, 2.45) is 0 Å². The highest BCUT2D eigenvalue weighted by molar-refractivity contribution is 6.90. The normalized spacial score (nSPS) is 12.8. The van der Waals surface area contributed by atoms with Gasteiger partial charge in [-0.15, -0.1) is 0 Å². The molecule has 2 aromatic carbocycles. The van der Waals surface area contributed by atoms with E-state index in [2.05, 4.69) is 25.2 Å². The van der Waals surface area contributed by atoms with Crippen LogP contribution in [-0.4, -0.2) is 27.4 Å². The average molecular weight is 302 g/mol. The molecule has 0 radical (unpaired) electrons. The Balaban J connectivity index is 2.41. The highest BCUT2D eigenvalue weighted by atomic mass is 28.3. The Morgan fingerprint density at radius 3 is 1.90 bits per heavy atom. The van der Waals surface area contributed by atoms with E-state index in [0.717, 1.165) is 5.56 Å². The standard InChI is InChI=1S/C17H22O3Si/c1-19-14-10-13(11-15(12-14)20-2)17(18)21(3,4)16-8-6-5-7-9-16/h5-12,17-18H,1-4H3/t17-/m1/s1. The second kappa shape index (κ2) is 6.33. The maximum absolute atomic E-state index is 10.9. The first-order chi connectivity index (χ1) is 9.98. The fourth-order valence-corrected chi connectivity index (χ4v) is 4.80. The van der Waals surface area contributed by atoms with Gasteiger partial charge in [-0.25, -0.2) is 0 Å². The van der Waals surface area contributed by atoms with Crippen molar-refractivity contribution >= 4 is 13.3 Å². The molecule has 0 aliphatic rings. The van der Waals surface area contributed by atoms with Crippen LogP contribution < -0.4 is 14.7 Å². The molecule has 21 heavy (non-hydrogen) atoms. The Bertz CT molecular complexity index is 574. The molecule has 3 nitrogen and oxygen atoms in total. The van der Waals surface area contributed by atoms with Crippen LogP contribution >= 0.6 is 0 Å². The molecule has 1 N–H and O–H groups in total. The molecule has 0 bridgehead atoms. The first-order valence-corrected chi connectivity index (χ1v) is 10.0. The van der Waals surface area contributed by atoms with E-state index in [1.165, 1.54) is 5.19 Å². The van der Waals surface area contributed by atoms with Crippen LogP contribution in [0.3, 0.4) is 0 Å². The van der Waals surface area contributed by atoms with Crippen molar-refractivity contribution in [3.63, 3.8) is 0 Å². The maximum atomic E-state index is 10.9. The van der Waals surface area contributed by atoms with Gasteiger partial charge in [-0.05, 0) is 17.7 Å². The van der Waals surface area contributed by atoms with Crippen LogP contribution in [0.5, 0.6) is 11.5 Å². The highest BCUT2D eigenvalue weighted by Crippen LogP contribution is 2.31. The third-order valence-corrected chi connectivity index (χ3v) is 7.41. The molecule has 0 unspecified atom stereocenters. The first kappa shape index (κ1) is 15.6. The Morgan fingerprint density at radius 2 is 1.43 bits per heavy atom. The van der Waals surface area contributed by atoms with Crippen molar-refractivity contribution in [2.45, 2.75) is 18.8 Å². The molecule has 0 aliphatic heterocycles. The van der Waals surface area contributed by atoms with Crippen molar-refractivity contribution < 1.29 is 14.6 Å². The van der Waals surface area contributed by atoms with Crippen LogP contribution in [0.1, 0.15) is 11.3 Å². The van der Waals surface area contributed by atoms with E-state index in [-0.39, 0.29) is 0 Å². The lowest BCUT2D eigenvalue weighted by Crippen LogP contribution is -2.47. The smallest absolute Gasteiger partial charge is 0.122 e. The molecule has 112 valence electrons. The van der Waals surface area contributed by atoms with E-state index in [1.54, 1.807) is 14.2 Å². The molecule has 4 heteroatoms. The molecule has 2 aromatic rings. The van der Waals surface area contributed by atoms with Crippen LogP contribution in [0.25, 0.3) is 0 Å². The van der Waals surface area contributed by atoms with Gasteiger partial charge in [-0.2, -0.15) is 0 Å². The number of rotatable bonds is 5. The summed E-state index contributed by atoms with van der Waals surface area (Å²) in [5.41, 5.74) is 0.315.